The van der Waals surface area contributed by atoms with Gasteiger partial charge in [-0.3, -0.25) is 9.52 Å². The van der Waals surface area contributed by atoms with Gasteiger partial charge in [-0.05, 0) is 67.4 Å². The van der Waals surface area contributed by atoms with Gasteiger partial charge in [0.25, 0.3) is 15.9 Å². The quantitative estimate of drug-likeness (QED) is 0.787. The van der Waals surface area contributed by atoms with E-state index in [1.165, 1.54) is 48.5 Å². The lowest BCUT2D eigenvalue weighted by atomic mass is 10.1. The van der Waals surface area contributed by atoms with E-state index in [9.17, 15) is 17.6 Å². The zero-order valence-corrected chi connectivity index (χ0v) is 16.1. The summed E-state index contributed by atoms with van der Waals surface area (Å²) in [6, 6.07) is 10.8. The maximum Gasteiger partial charge on any atom is 0.261 e. The van der Waals surface area contributed by atoms with E-state index in [0.717, 1.165) is 6.42 Å². The third-order valence-electron chi connectivity index (χ3n) is 4.41. The zero-order chi connectivity index (χ0) is 18.7. The first-order chi connectivity index (χ1) is 12.4. The summed E-state index contributed by atoms with van der Waals surface area (Å²) >= 11 is 0. The molecule has 0 saturated carbocycles. The normalized spacial score (nSPS) is 16.7. The highest BCUT2D eigenvalue weighted by Gasteiger charge is 2.26. The Labute approximate surface area is 164 Å². The molecule has 1 unspecified atom stereocenters. The Morgan fingerprint density at radius 1 is 1.15 bits per heavy atom. The largest absolute Gasteiger partial charge is 0.338 e. The monoisotopic (exact) mass is 413 g/mol. The summed E-state index contributed by atoms with van der Waals surface area (Å²) in [5.41, 5.74) is 6.34. The summed E-state index contributed by atoms with van der Waals surface area (Å²) in [6.07, 6.45) is 0.885. The van der Waals surface area contributed by atoms with Crippen molar-refractivity contribution >= 4 is 34.0 Å². The van der Waals surface area contributed by atoms with Crippen molar-refractivity contribution < 1.29 is 17.6 Å². The minimum Gasteiger partial charge on any atom is -0.338 e. The number of nitrogens with two attached hydrogens (primary N) is 1. The molecule has 146 valence electrons. The molecule has 3 rings (SSSR count). The minimum atomic E-state index is -3.81. The predicted molar refractivity (Wildman–Crippen MR) is 104 cm³/mol. The number of likely N-dealkylation sites (tertiary alicyclic amines) is 1. The Hall–Kier alpha value is -2.16. The summed E-state index contributed by atoms with van der Waals surface area (Å²) in [4.78, 5) is 14.2. The molecule has 0 aromatic heterocycles. The molecule has 9 heteroatoms. The highest BCUT2D eigenvalue weighted by atomic mass is 35.5. The maximum atomic E-state index is 12.9. The number of hydrogen-bond acceptors (Lipinski definition) is 4. The smallest absolute Gasteiger partial charge is 0.261 e. The molecular formula is C18H21ClFN3O3S. The molecule has 2 aromatic carbocycles. The average molecular weight is 414 g/mol. The Morgan fingerprint density at radius 3 is 2.33 bits per heavy atom. The molecule has 1 fully saturated rings. The van der Waals surface area contributed by atoms with Gasteiger partial charge in [0.15, 0.2) is 0 Å². The highest BCUT2D eigenvalue weighted by Crippen LogP contribution is 2.20. The lowest BCUT2D eigenvalue weighted by Crippen LogP contribution is -2.29. The van der Waals surface area contributed by atoms with Crippen molar-refractivity contribution in [2.24, 2.45) is 11.7 Å². The maximum absolute atomic E-state index is 12.9. The van der Waals surface area contributed by atoms with Crippen LogP contribution in [0.4, 0.5) is 10.1 Å². The van der Waals surface area contributed by atoms with Crippen molar-refractivity contribution in [1.82, 2.24) is 4.90 Å². The first-order valence-electron chi connectivity index (χ1n) is 8.27. The van der Waals surface area contributed by atoms with Gasteiger partial charge in [-0.2, -0.15) is 0 Å². The summed E-state index contributed by atoms with van der Waals surface area (Å²) in [5, 5.41) is 0. The summed E-state index contributed by atoms with van der Waals surface area (Å²) < 4.78 is 40.1. The molecule has 0 radical (unpaired) electrons. The van der Waals surface area contributed by atoms with Crippen LogP contribution in [0, 0.1) is 11.7 Å². The zero-order valence-electron chi connectivity index (χ0n) is 14.5. The van der Waals surface area contributed by atoms with E-state index < -0.39 is 15.8 Å². The summed E-state index contributed by atoms with van der Waals surface area (Å²) in [7, 11) is -3.81. The van der Waals surface area contributed by atoms with Gasteiger partial charge in [0.1, 0.15) is 5.82 Å². The van der Waals surface area contributed by atoms with Crippen LogP contribution in [0.1, 0.15) is 16.8 Å². The van der Waals surface area contributed by atoms with E-state index in [4.69, 9.17) is 5.73 Å². The third-order valence-corrected chi connectivity index (χ3v) is 5.81. The average Bonchev–Trinajstić information content (AvgIpc) is 3.12. The standard InChI is InChI=1S/C18H20FN3O3S.ClH/c19-15-3-5-16(6-4-15)21-26(24,25)17-7-1-14(2-8-17)18(23)22-10-9-13(11-20)12-22;/h1-8,13,21H,9-12,20H2;1H. The van der Waals surface area contributed by atoms with Gasteiger partial charge in [-0.1, -0.05) is 0 Å². The Kier molecular flexibility index (Phi) is 6.80. The van der Waals surface area contributed by atoms with Crippen LogP contribution in [0.2, 0.25) is 0 Å². The molecule has 27 heavy (non-hydrogen) atoms. The Bertz CT molecular complexity index is 889. The van der Waals surface area contributed by atoms with Gasteiger partial charge in [0, 0.05) is 24.3 Å². The number of amides is 1. The van der Waals surface area contributed by atoms with Crippen LogP contribution < -0.4 is 10.5 Å². The van der Waals surface area contributed by atoms with Gasteiger partial charge < -0.3 is 10.6 Å². The molecule has 2 aromatic rings. The lowest BCUT2D eigenvalue weighted by molar-refractivity contribution is 0.0787. The summed E-state index contributed by atoms with van der Waals surface area (Å²) in [5.74, 6) is -0.260. The van der Waals surface area contributed by atoms with Crippen LogP contribution >= 0.6 is 12.4 Å². The van der Waals surface area contributed by atoms with Crippen molar-refractivity contribution in [1.29, 1.82) is 0 Å². The Balaban J connectivity index is 0.00000261. The van der Waals surface area contributed by atoms with Crippen LogP contribution in [0.5, 0.6) is 0 Å². The molecule has 0 bridgehead atoms. The highest BCUT2D eigenvalue weighted by molar-refractivity contribution is 7.92. The molecule has 1 saturated heterocycles. The number of nitrogens with zero attached hydrogens (tertiary/aromatic N) is 1. The Morgan fingerprint density at radius 2 is 1.78 bits per heavy atom. The van der Waals surface area contributed by atoms with Crippen LogP contribution in [0.3, 0.4) is 0 Å². The van der Waals surface area contributed by atoms with E-state index in [1.54, 1.807) is 4.90 Å². The minimum absolute atomic E-state index is 0. The van der Waals surface area contributed by atoms with Gasteiger partial charge in [-0.25, -0.2) is 12.8 Å². The van der Waals surface area contributed by atoms with Crippen molar-refractivity contribution in [2.75, 3.05) is 24.4 Å². The molecule has 3 N–H and O–H groups in total. The van der Waals surface area contributed by atoms with Crippen molar-refractivity contribution in [3.8, 4) is 0 Å². The van der Waals surface area contributed by atoms with Crippen molar-refractivity contribution in [2.45, 2.75) is 11.3 Å². The molecule has 1 aliphatic heterocycles. The fourth-order valence-electron chi connectivity index (χ4n) is 2.90. The van der Waals surface area contributed by atoms with Crippen LogP contribution in [-0.2, 0) is 10.0 Å². The lowest BCUT2D eigenvalue weighted by Gasteiger charge is -2.16. The number of nitrogens with one attached hydrogen (secondary N) is 1. The fourth-order valence-corrected chi connectivity index (χ4v) is 3.96. The second-order valence-electron chi connectivity index (χ2n) is 6.28. The molecule has 1 aliphatic rings. The van der Waals surface area contributed by atoms with Crippen molar-refractivity contribution in [3.05, 3.63) is 59.9 Å². The van der Waals surface area contributed by atoms with Gasteiger partial charge in [0.2, 0.25) is 0 Å². The number of anilines is 1. The van der Waals surface area contributed by atoms with E-state index >= 15 is 0 Å². The number of benzene rings is 2. The number of carbonyl (C=O) groups is 1. The molecule has 0 spiro atoms. The predicted octanol–water partition coefficient (Wildman–Crippen LogP) is 2.47. The topological polar surface area (TPSA) is 92.5 Å². The first kappa shape index (κ1) is 21.1. The molecule has 1 heterocycles. The third kappa shape index (κ3) is 4.97. The fraction of sp³-hybridized carbons (Fsp3) is 0.278. The number of sulfonamides is 1. The van der Waals surface area contributed by atoms with Gasteiger partial charge in [-0.15, -0.1) is 12.4 Å². The van der Waals surface area contributed by atoms with E-state index in [0.29, 0.717) is 31.1 Å². The van der Waals surface area contributed by atoms with Crippen LogP contribution in [0.15, 0.2) is 53.4 Å². The van der Waals surface area contributed by atoms with Gasteiger partial charge >= 0.3 is 0 Å². The second kappa shape index (κ2) is 8.69. The molecular weight excluding hydrogens is 393 g/mol. The SMILES string of the molecule is Cl.NCC1CCN(C(=O)c2ccc(S(=O)(=O)Nc3ccc(F)cc3)cc2)C1. The summed E-state index contributed by atoms with van der Waals surface area (Å²) in [6.45, 7) is 1.84. The van der Waals surface area contributed by atoms with E-state index in [2.05, 4.69) is 4.72 Å². The number of rotatable bonds is 5. The number of hydrogen-bond donors (Lipinski definition) is 2. The van der Waals surface area contributed by atoms with E-state index in [1.807, 2.05) is 0 Å². The molecule has 1 atom stereocenters. The van der Waals surface area contributed by atoms with E-state index in [-0.39, 0.29) is 28.9 Å². The van der Waals surface area contributed by atoms with Crippen molar-refractivity contribution in [3.63, 3.8) is 0 Å². The first-order valence-corrected chi connectivity index (χ1v) is 9.75. The molecule has 1 amide bonds. The van der Waals surface area contributed by atoms with Crippen LogP contribution in [0.25, 0.3) is 0 Å². The van der Waals surface area contributed by atoms with Crippen LogP contribution in [-0.4, -0.2) is 38.9 Å². The molecule has 0 aliphatic carbocycles. The molecule has 6 nitrogen and oxygen atoms in total. The van der Waals surface area contributed by atoms with Gasteiger partial charge in [0.05, 0.1) is 4.90 Å². The number of carbonyl (C=O) groups excluding carboxylic acids is 1. The number of halogens is 2. The second-order valence-corrected chi connectivity index (χ2v) is 7.96.